The summed E-state index contributed by atoms with van der Waals surface area (Å²) in [5.41, 5.74) is 1.40. The van der Waals surface area contributed by atoms with Gasteiger partial charge in [-0.15, -0.1) is 0 Å². The molecule has 0 spiro atoms. The van der Waals surface area contributed by atoms with Gasteiger partial charge in [0.25, 0.3) is 11.8 Å². The number of hydrogen-bond donors (Lipinski definition) is 0. The Bertz CT molecular complexity index is 656. The third-order valence-electron chi connectivity index (χ3n) is 4.25. The molecule has 0 aromatic heterocycles. The zero-order valence-electron chi connectivity index (χ0n) is 12.7. The lowest BCUT2D eigenvalue weighted by molar-refractivity contribution is -0.150. The third-order valence-corrected chi connectivity index (χ3v) is 4.25. The number of rotatable bonds is 3. The second-order valence-electron chi connectivity index (χ2n) is 5.49. The monoisotopic (exact) mass is 302 g/mol. The molecule has 1 unspecified atom stereocenters. The Labute approximate surface area is 128 Å². The van der Waals surface area contributed by atoms with Crippen LogP contribution in [0, 0.1) is 0 Å². The molecule has 2 aliphatic rings. The van der Waals surface area contributed by atoms with Crippen molar-refractivity contribution in [3.63, 3.8) is 0 Å². The highest BCUT2D eigenvalue weighted by molar-refractivity contribution is 6.05. The molecule has 0 radical (unpaired) electrons. The van der Waals surface area contributed by atoms with Crippen molar-refractivity contribution in [1.82, 2.24) is 9.80 Å². The van der Waals surface area contributed by atoms with Gasteiger partial charge in [0.15, 0.2) is 0 Å². The van der Waals surface area contributed by atoms with Crippen LogP contribution in [-0.4, -0.2) is 47.2 Å². The summed E-state index contributed by atoms with van der Waals surface area (Å²) in [4.78, 5) is 39.2. The van der Waals surface area contributed by atoms with Crippen molar-refractivity contribution < 1.29 is 19.1 Å². The fourth-order valence-corrected chi connectivity index (χ4v) is 3.06. The standard InChI is InChI=1S/C16H18N2O4/c1-3-22-13-6-4-5-10-11(13)9-18(15(10)20)12-7-8-14(19)17(2)16(12)21/h4-6,12H,3,7-9H2,1-2H3. The molecule has 1 fully saturated rings. The molecule has 0 N–H and O–H groups in total. The summed E-state index contributed by atoms with van der Waals surface area (Å²) in [6.45, 7) is 2.76. The van der Waals surface area contributed by atoms with E-state index in [4.69, 9.17) is 4.74 Å². The van der Waals surface area contributed by atoms with E-state index in [1.54, 1.807) is 17.0 Å². The summed E-state index contributed by atoms with van der Waals surface area (Å²) in [6, 6.07) is 4.79. The quantitative estimate of drug-likeness (QED) is 0.787. The minimum Gasteiger partial charge on any atom is -0.494 e. The van der Waals surface area contributed by atoms with Gasteiger partial charge < -0.3 is 9.64 Å². The summed E-state index contributed by atoms with van der Waals surface area (Å²) in [6.07, 6.45) is 0.664. The van der Waals surface area contributed by atoms with E-state index in [-0.39, 0.29) is 24.1 Å². The molecule has 0 bridgehead atoms. The molecule has 22 heavy (non-hydrogen) atoms. The van der Waals surface area contributed by atoms with E-state index in [1.807, 2.05) is 13.0 Å². The molecule has 3 rings (SSSR count). The van der Waals surface area contributed by atoms with Gasteiger partial charge in [0.2, 0.25) is 5.91 Å². The summed E-state index contributed by atoms with van der Waals surface area (Å²) >= 11 is 0. The van der Waals surface area contributed by atoms with Crippen LogP contribution in [0.4, 0.5) is 0 Å². The van der Waals surface area contributed by atoms with Gasteiger partial charge in [-0.2, -0.15) is 0 Å². The fraction of sp³-hybridized carbons (Fsp3) is 0.438. The molecule has 2 aliphatic heterocycles. The Morgan fingerprint density at radius 2 is 2.05 bits per heavy atom. The lowest BCUT2D eigenvalue weighted by Gasteiger charge is -2.33. The van der Waals surface area contributed by atoms with Crippen LogP contribution in [0.2, 0.25) is 0 Å². The van der Waals surface area contributed by atoms with Gasteiger partial charge in [0.1, 0.15) is 11.8 Å². The molecule has 6 nitrogen and oxygen atoms in total. The molecular weight excluding hydrogens is 284 g/mol. The van der Waals surface area contributed by atoms with Crippen molar-refractivity contribution in [2.75, 3.05) is 13.7 Å². The highest BCUT2D eigenvalue weighted by Crippen LogP contribution is 2.34. The number of carbonyl (C=O) groups is 3. The lowest BCUT2D eigenvalue weighted by Crippen LogP contribution is -2.53. The zero-order valence-corrected chi connectivity index (χ0v) is 12.7. The molecule has 1 aromatic rings. The maximum Gasteiger partial charge on any atom is 0.255 e. The molecule has 0 saturated carbocycles. The number of fused-ring (bicyclic) bond motifs is 1. The predicted molar refractivity (Wildman–Crippen MR) is 78.3 cm³/mol. The average molecular weight is 302 g/mol. The molecule has 1 saturated heterocycles. The number of nitrogens with zero attached hydrogens (tertiary/aromatic N) is 2. The fourth-order valence-electron chi connectivity index (χ4n) is 3.06. The average Bonchev–Trinajstić information content (AvgIpc) is 2.84. The minimum absolute atomic E-state index is 0.169. The first kappa shape index (κ1) is 14.6. The van der Waals surface area contributed by atoms with E-state index in [0.29, 0.717) is 30.9 Å². The van der Waals surface area contributed by atoms with E-state index < -0.39 is 6.04 Å². The van der Waals surface area contributed by atoms with Crippen molar-refractivity contribution >= 4 is 17.7 Å². The predicted octanol–water partition coefficient (Wildman–Crippen LogP) is 1.19. The Hall–Kier alpha value is -2.37. The maximum absolute atomic E-state index is 12.6. The normalized spacial score (nSPS) is 21.4. The van der Waals surface area contributed by atoms with Crippen LogP contribution in [0.3, 0.4) is 0 Å². The van der Waals surface area contributed by atoms with Crippen LogP contribution in [0.25, 0.3) is 0 Å². The smallest absolute Gasteiger partial charge is 0.255 e. The molecule has 116 valence electrons. The molecular formula is C16H18N2O4. The van der Waals surface area contributed by atoms with Crippen LogP contribution < -0.4 is 4.74 Å². The van der Waals surface area contributed by atoms with Crippen LogP contribution >= 0.6 is 0 Å². The van der Waals surface area contributed by atoms with Crippen molar-refractivity contribution in [1.29, 1.82) is 0 Å². The van der Waals surface area contributed by atoms with Crippen molar-refractivity contribution in [2.45, 2.75) is 32.4 Å². The van der Waals surface area contributed by atoms with Gasteiger partial charge in [-0.3, -0.25) is 19.3 Å². The number of benzene rings is 1. The molecule has 0 aliphatic carbocycles. The second-order valence-corrected chi connectivity index (χ2v) is 5.49. The van der Waals surface area contributed by atoms with Gasteiger partial charge in [-0.25, -0.2) is 0 Å². The Balaban J connectivity index is 1.89. The Morgan fingerprint density at radius 1 is 1.27 bits per heavy atom. The van der Waals surface area contributed by atoms with Crippen molar-refractivity contribution in [3.8, 4) is 5.75 Å². The van der Waals surface area contributed by atoms with Gasteiger partial charge in [-0.05, 0) is 25.5 Å². The zero-order chi connectivity index (χ0) is 15.9. The van der Waals surface area contributed by atoms with Crippen molar-refractivity contribution in [3.05, 3.63) is 29.3 Å². The lowest BCUT2D eigenvalue weighted by atomic mass is 10.0. The molecule has 6 heteroatoms. The summed E-state index contributed by atoms with van der Waals surface area (Å²) in [5.74, 6) is 0.0111. The minimum atomic E-state index is -0.572. The van der Waals surface area contributed by atoms with Crippen LogP contribution in [0.15, 0.2) is 18.2 Å². The van der Waals surface area contributed by atoms with E-state index in [9.17, 15) is 14.4 Å². The Morgan fingerprint density at radius 3 is 2.77 bits per heavy atom. The second kappa shape index (κ2) is 5.44. The topological polar surface area (TPSA) is 66.9 Å². The van der Waals surface area contributed by atoms with E-state index in [1.165, 1.54) is 7.05 Å². The number of ether oxygens (including phenoxy) is 1. The first-order valence-corrected chi connectivity index (χ1v) is 7.40. The van der Waals surface area contributed by atoms with E-state index in [0.717, 1.165) is 10.5 Å². The Kier molecular flexibility index (Phi) is 3.60. The van der Waals surface area contributed by atoms with Crippen LogP contribution in [0.1, 0.15) is 35.7 Å². The first-order valence-electron chi connectivity index (χ1n) is 7.40. The number of amides is 3. The SMILES string of the molecule is CCOc1cccc2c1CN(C1CCC(=O)N(C)C1=O)C2=O. The largest absolute Gasteiger partial charge is 0.494 e. The third kappa shape index (κ3) is 2.15. The molecule has 3 amide bonds. The van der Waals surface area contributed by atoms with Gasteiger partial charge in [0, 0.05) is 24.6 Å². The van der Waals surface area contributed by atoms with Crippen LogP contribution in [-0.2, 0) is 16.1 Å². The van der Waals surface area contributed by atoms with E-state index in [2.05, 4.69) is 0 Å². The summed E-state index contributed by atoms with van der Waals surface area (Å²) in [5, 5.41) is 0. The molecule has 2 heterocycles. The van der Waals surface area contributed by atoms with Gasteiger partial charge in [0.05, 0.1) is 13.2 Å². The van der Waals surface area contributed by atoms with Gasteiger partial charge in [-0.1, -0.05) is 6.07 Å². The van der Waals surface area contributed by atoms with Crippen molar-refractivity contribution in [2.24, 2.45) is 0 Å². The number of likely N-dealkylation sites (N-methyl/N-ethyl adjacent to an activating group) is 1. The number of likely N-dealkylation sites (tertiary alicyclic amines) is 1. The molecule has 1 atom stereocenters. The highest BCUT2D eigenvalue weighted by atomic mass is 16.5. The maximum atomic E-state index is 12.6. The van der Waals surface area contributed by atoms with E-state index >= 15 is 0 Å². The highest BCUT2D eigenvalue weighted by Gasteiger charge is 2.42. The van der Waals surface area contributed by atoms with Crippen LogP contribution in [0.5, 0.6) is 5.75 Å². The summed E-state index contributed by atoms with van der Waals surface area (Å²) in [7, 11) is 1.47. The number of hydrogen-bond acceptors (Lipinski definition) is 4. The number of carbonyl (C=O) groups excluding carboxylic acids is 3. The molecule has 1 aromatic carbocycles. The number of imide groups is 1. The number of piperidine rings is 1. The first-order chi connectivity index (χ1) is 10.5. The summed E-state index contributed by atoms with van der Waals surface area (Å²) < 4.78 is 5.57. The van der Waals surface area contributed by atoms with Gasteiger partial charge >= 0.3 is 0 Å².